The van der Waals surface area contributed by atoms with Crippen LogP contribution in [0.15, 0.2) is 85.1 Å². The monoisotopic (exact) mass is 547 g/mol. The van der Waals surface area contributed by atoms with Gasteiger partial charge in [-0.2, -0.15) is 0 Å². The first-order valence-corrected chi connectivity index (χ1v) is 13.0. The van der Waals surface area contributed by atoms with Gasteiger partial charge in [-0.15, -0.1) is 0 Å². The third kappa shape index (κ3) is 4.66. The fraction of sp³-hybridized carbons (Fsp3) is 0.200. The molecule has 8 heteroatoms. The number of halogens is 2. The molecule has 0 fully saturated rings. The third-order valence-electron chi connectivity index (χ3n) is 6.78. The highest BCUT2D eigenvalue weighted by Gasteiger charge is 2.37. The molecule has 0 radical (unpaired) electrons. The van der Waals surface area contributed by atoms with Crippen molar-refractivity contribution >= 4 is 40.7 Å². The van der Waals surface area contributed by atoms with E-state index in [2.05, 4.69) is 4.57 Å². The lowest BCUT2D eigenvalue weighted by Crippen LogP contribution is -2.48. The number of hydrogen-bond donors (Lipinski definition) is 0. The predicted octanol–water partition coefficient (Wildman–Crippen LogP) is 6.78. The number of rotatable bonds is 6. The van der Waals surface area contributed by atoms with Crippen molar-refractivity contribution in [1.82, 2.24) is 9.47 Å². The van der Waals surface area contributed by atoms with Gasteiger partial charge >= 0.3 is 0 Å². The van der Waals surface area contributed by atoms with Crippen LogP contribution in [-0.4, -0.2) is 41.0 Å². The number of carbonyl (C=O) groups excluding carboxylic acids is 2. The highest BCUT2D eigenvalue weighted by Crippen LogP contribution is 2.42. The molecule has 5 rings (SSSR count). The lowest BCUT2D eigenvalue weighted by atomic mass is 9.97. The van der Waals surface area contributed by atoms with Crippen molar-refractivity contribution in [2.24, 2.45) is 0 Å². The normalized spacial score (nSPS) is 14.2. The van der Waals surface area contributed by atoms with Crippen LogP contribution in [0.4, 0.5) is 5.69 Å². The zero-order valence-corrected chi connectivity index (χ0v) is 22.8. The summed E-state index contributed by atoms with van der Waals surface area (Å²) >= 11 is 12.2. The summed E-state index contributed by atoms with van der Waals surface area (Å²) in [4.78, 5) is 31.1. The van der Waals surface area contributed by atoms with E-state index >= 15 is 0 Å². The smallest absolute Gasteiger partial charge is 0.254 e. The number of methoxy groups -OCH3 is 1. The molecule has 2 heterocycles. The first kappa shape index (κ1) is 25.9. The molecule has 3 aromatic carbocycles. The van der Waals surface area contributed by atoms with Crippen LogP contribution in [0.3, 0.4) is 0 Å². The number of para-hydroxylation sites is 2. The molecule has 0 bridgehead atoms. The Morgan fingerprint density at radius 3 is 2.29 bits per heavy atom. The van der Waals surface area contributed by atoms with Gasteiger partial charge in [0.1, 0.15) is 18.3 Å². The van der Waals surface area contributed by atoms with E-state index in [1.807, 2.05) is 80.7 Å². The van der Waals surface area contributed by atoms with Crippen molar-refractivity contribution in [3.8, 4) is 11.4 Å². The van der Waals surface area contributed by atoms with Gasteiger partial charge in [-0.3, -0.25) is 14.5 Å². The number of carbonyl (C=O) groups is 2. The molecule has 2 amide bonds. The average Bonchev–Trinajstić information content (AvgIpc) is 3.42. The number of fused-ring (bicyclic) bond motifs is 3. The molecule has 1 aliphatic heterocycles. The lowest BCUT2D eigenvalue weighted by molar-refractivity contribution is -0.120. The van der Waals surface area contributed by atoms with Crippen LogP contribution in [-0.2, 0) is 4.79 Å². The minimum atomic E-state index is -0.396. The predicted molar refractivity (Wildman–Crippen MR) is 151 cm³/mol. The fourth-order valence-electron chi connectivity index (χ4n) is 4.87. The van der Waals surface area contributed by atoms with Gasteiger partial charge in [0, 0.05) is 17.8 Å². The SMILES string of the molecule is COc1ccc(C2c3cccn3-c3ccccc3N2C(=O)CN(C(=O)c2ccc(Cl)c(Cl)c2)C(C)C)cc1. The Hall–Kier alpha value is -3.74. The van der Waals surface area contributed by atoms with Crippen LogP contribution in [0.1, 0.15) is 41.5 Å². The van der Waals surface area contributed by atoms with Crippen LogP contribution in [0.2, 0.25) is 10.0 Å². The van der Waals surface area contributed by atoms with E-state index < -0.39 is 6.04 Å². The van der Waals surface area contributed by atoms with E-state index in [4.69, 9.17) is 27.9 Å². The molecule has 1 aromatic heterocycles. The summed E-state index contributed by atoms with van der Waals surface area (Å²) in [5.41, 5.74) is 3.93. The number of hydrogen-bond acceptors (Lipinski definition) is 3. The summed E-state index contributed by atoms with van der Waals surface area (Å²) in [6, 6.07) is 23.6. The fourth-order valence-corrected chi connectivity index (χ4v) is 5.17. The molecule has 0 saturated heterocycles. The molecular formula is C30H27Cl2N3O3. The first-order chi connectivity index (χ1) is 18.3. The zero-order chi connectivity index (χ0) is 27.0. The highest BCUT2D eigenvalue weighted by molar-refractivity contribution is 6.42. The Labute approximate surface area is 231 Å². The van der Waals surface area contributed by atoms with Gasteiger partial charge in [-0.1, -0.05) is 47.5 Å². The van der Waals surface area contributed by atoms with Gasteiger partial charge in [0.05, 0.1) is 34.2 Å². The summed E-state index contributed by atoms with van der Waals surface area (Å²) in [6.45, 7) is 3.66. The molecule has 0 saturated carbocycles. The Bertz CT molecular complexity index is 1500. The maximum atomic E-state index is 14.2. The average molecular weight is 548 g/mol. The minimum absolute atomic E-state index is 0.113. The summed E-state index contributed by atoms with van der Waals surface area (Å²) < 4.78 is 7.46. The second-order valence-electron chi connectivity index (χ2n) is 9.39. The molecule has 38 heavy (non-hydrogen) atoms. The Morgan fingerprint density at radius 1 is 0.921 bits per heavy atom. The van der Waals surface area contributed by atoms with E-state index in [0.717, 1.165) is 28.4 Å². The van der Waals surface area contributed by atoms with E-state index in [-0.39, 0.29) is 29.4 Å². The highest BCUT2D eigenvalue weighted by atomic mass is 35.5. The molecule has 0 N–H and O–H groups in total. The van der Waals surface area contributed by atoms with Gasteiger partial charge in [-0.05, 0) is 74.0 Å². The van der Waals surface area contributed by atoms with Crippen LogP contribution >= 0.6 is 23.2 Å². The van der Waals surface area contributed by atoms with Crippen LogP contribution in [0, 0.1) is 0 Å². The number of benzene rings is 3. The summed E-state index contributed by atoms with van der Waals surface area (Å²) in [6.07, 6.45) is 2.00. The Balaban J connectivity index is 1.56. The quantitative estimate of drug-likeness (QED) is 0.267. The summed E-state index contributed by atoms with van der Waals surface area (Å²) in [7, 11) is 1.62. The minimum Gasteiger partial charge on any atom is -0.497 e. The van der Waals surface area contributed by atoms with Crippen molar-refractivity contribution in [2.45, 2.75) is 25.9 Å². The summed E-state index contributed by atoms with van der Waals surface area (Å²) in [5, 5.41) is 0.656. The van der Waals surface area contributed by atoms with Gasteiger partial charge in [-0.25, -0.2) is 0 Å². The number of aromatic nitrogens is 1. The van der Waals surface area contributed by atoms with E-state index in [1.165, 1.54) is 6.07 Å². The molecule has 1 atom stereocenters. The number of amides is 2. The molecule has 6 nitrogen and oxygen atoms in total. The standard InChI is InChI=1S/C30H27Cl2N3O3/c1-19(2)34(30(37)21-12-15-23(31)24(32)17-21)18-28(36)35-26-8-5-4-7-25(26)33-16-6-9-27(33)29(35)20-10-13-22(38-3)14-11-20/h4-17,19,29H,18H2,1-3H3. The van der Waals surface area contributed by atoms with E-state index in [9.17, 15) is 9.59 Å². The number of nitrogens with zero attached hydrogens (tertiary/aromatic N) is 3. The second kappa shape index (κ2) is 10.6. The third-order valence-corrected chi connectivity index (χ3v) is 7.52. The number of anilines is 1. The van der Waals surface area contributed by atoms with Crippen LogP contribution < -0.4 is 9.64 Å². The van der Waals surface area contributed by atoms with Crippen molar-refractivity contribution in [3.05, 3.63) is 112 Å². The van der Waals surface area contributed by atoms with Crippen molar-refractivity contribution < 1.29 is 14.3 Å². The van der Waals surface area contributed by atoms with Crippen LogP contribution in [0.25, 0.3) is 5.69 Å². The Kier molecular flexibility index (Phi) is 7.19. The van der Waals surface area contributed by atoms with E-state index in [0.29, 0.717) is 10.6 Å². The molecular weight excluding hydrogens is 521 g/mol. The Morgan fingerprint density at radius 2 is 1.63 bits per heavy atom. The van der Waals surface area contributed by atoms with Gasteiger partial charge < -0.3 is 14.2 Å². The van der Waals surface area contributed by atoms with Gasteiger partial charge in [0.25, 0.3) is 5.91 Å². The van der Waals surface area contributed by atoms with Crippen molar-refractivity contribution in [1.29, 1.82) is 0 Å². The second-order valence-corrected chi connectivity index (χ2v) is 10.2. The van der Waals surface area contributed by atoms with E-state index in [1.54, 1.807) is 29.0 Å². The lowest BCUT2D eigenvalue weighted by Gasteiger charge is -2.40. The van der Waals surface area contributed by atoms with Gasteiger partial charge in [0.15, 0.2) is 0 Å². The van der Waals surface area contributed by atoms with Gasteiger partial charge in [0.2, 0.25) is 5.91 Å². The molecule has 0 aliphatic carbocycles. The maximum Gasteiger partial charge on any atom is 0.254 e. The molecule has 0 spiro atoms. The topological polar surface area (TPSA) is 54.8 Å². The van der Waals surface area contributed by atoms with Crippen LogP contribution in [0.5, 0.6) is 5.75 Å². The molecule has 4 aromatic rings. The van der Waals surface area contributed by atoms with Crippen molar-refractivity contribution in [3.63, 3.8) is 0 Å². The first-order valence-electron chi connectivity index (χ1n) is 12.3. The number of ether oxygens (including phenoxy) is 1. The molecule has 1 unspecified atom stereocenters. The van der Waals surface area contributed by atoms with Crippen molar-refractivity contribution in [2.75, 3.05) is 18.6 Å². The molecule has 1 aliphatic rings. The largest absolute Gasteiger partial charge is 0.497 e. The zero-order valence-electron chi connectivity index (χ0n) is 21.3. The maximum absolute atomic E-state index is 14.2. The molecule has 194 valence electrons. The summed E-state index contributed by atoms with van der Waals surface area (Å²) in [5.74, 6) is 0.242.